The Balaban J connectivity index is 2.54. The summed E-state index contributed by atoms with van der Waals surface area (Å²) in [4.78, 5) is 13.9. The molecule has 112 valence electrons. The third-order valence-electron chi connectivity index (χ3n) is 3.49. The first kappa shape index (κ1) is 16.8. The molecule has 1 N–H and O–H groups in total. The highest BCUT2D eigenvalue weighted by molar-refractivity contribution is 7.98. The highest BCUT2D eigenvalue weighted by Crippen LogP contribution is 2.12. The van der Waals surface area contributed by atoms with Crippen LogP contribution < -0.4 is 5.32 Å². The van der Waals surface area contributed by atoms with Crippen LogP contribution in [-0.2, 0) is 14.6 Å². The van der Waals surface area contributed by atoms with E-state index in [1.165, 1.54) is 0 Å². The van der Waals surface area contributed by atoms with Gasteiger partial charge in [-0.1, -0.05) is 6.92 Å². The molecule has 5 nitrogen and oxygen atoms in total. The van der Waals surface area contributed by atoms with Crippen molar-refractivity contribution in [3.63, 3.8) is 0 Å². The molecule has 0 spiro atoms. The molecule has 0 radical (unpaired) electrons. The van der Waals surface area contributed by atoms with Crippen LogP contribution in [-0.4, -0.2) is 68.4 Å². The van der Waals surface area contributed by atoms with Crippen LogP contribution in [0, 0.1) is 0 Å². The molecule has 0 aromatic rings. The van der Waals surface area contributed by atoms with Gasteiger partial charge in [0.25, 0.3) is 0 Å². The lowest BCUT2D eigenvalue weighted by molar-refractivity contribution is -0.132. The molecular weight excluding hydrogens is 284 g/mol. The van der Waals surface area contributed by atoms with Crippen molar-refractivity contribution in [3.8, 4) is 0 Å². The van der Waals surface area contributed by atoms with Crippen LogP contribution in [0.2, 0.25) is 0 Å². The summed E-state index contributed by atoms with van der Waals surface area (Å²) in [5.41, 5.74) is 0. The van der Waals surface area contributed by atoms with Crippen molar-refractivity contribution in [1.29, 1.82) is 0 Å². The average Bonchev–Trinajstić information content (AvgIpc) is 2.33. The number of nitrogens with zero attached hydrogens (tertiary/aromatic N) is 1. The number of hydrogen-bond donors (Lipinski definition) is 1. The molecule has 0 aliphatic carbocycles. The monoisotopic (exact) mass is 308 g/mol. The maximum absolute atomic E-state index is 12.2. The smallest absolute Gasteiger partial charge is 0.224 e. The van der Waals surface area contributed by atoms with E-state index in [-0.39, 0.29) is 35.9 Å². The van der Waals surface area contributed by atoms with Crippen LogP contribution in [0.4, 0.5) is 0 Å². The van der Waals surface area contributed by atoms with Gasteiger partial charge in [0.2, 0.25) is 5.91 Å². The Bertz CT molecular complexity index is 398. The van der Waals surface area contributed by atoms with Gasteiger partial charge in [0, 0.05) is 37.8 Å². The van der Waals surface area contributed by atoms with Crippen molar-refractivity contribution >= 4 is 27.5 Å². The Morgan fingerprint density at radius 2 is 2.21 bits per heavy atom. The molecular formula is C12H24N2O3S2. The molecule has 1 aliphatic heterocycles. The van der Waals surface area contributed by atoms with Gasteiger partial charge in [-0.15, -0.1) is 0 Å². The third-order valence-corrected chi connectivity index (χ3v) is 5.95. The van der Waals surface area contributed by atoms with Gasteiger partial charge < -0.3 is 10.2 Å². The molecule has 0 bridgehead atoms. The normalized spacial score (nSPS) is 23.8. The number of thioether (sulfide) groups is 1. The van der Waals surface area contributed by atoms with E-state index in [9.17, 15) is 13.2 Å². The van der Waals surface area contributed by atoms with Crippen molar-refractivity contribution in [2.45, 2.75) is 31.8 Å². The van der Waals surface area contributed by atoms with Gasteiger partial charge in [-0.2, -0.15) is 11.8 Å². The zero-order chi connectivity index (χ0) is 14.5. The Morgan fingerprint density at radius 3 is 2.74 bits per heavy atom. The van der Waals surface area contributed by atoms with E-state index in [1.54, 1.807) is 16.7 Å². The highest BCUT2D eigenvalue weighted by Gasteiger charge is 2.28. The Kier molecular flexibility index (Phi) is 6.62. The number of rotatable bonds is 6. The number of amides is 1. The fraction of sp³-hybridized carbons (Fsp3) is 0.917. The molecule has 1 amide bonds. The molecule has 0 aromatic heterocycles. The van der Waals surface area contributed by atoms with Crippen LogP contribution in [0.3, 0.4) is 0 Å². The lowest BCUT2D eigenvalue weighted by Crippen LogP contribution is -2.48. The molecule has 1 rings (SSSR count). The van der Waals surface area contributed by atoms with Gasteiger partial charge in [0.05, 0.1) is 11.5 Å². The molecule has 2 unspecified atom stereocenters. The fourth-order valence-electron chi connectivity index (χ4n) is 2.25. The first-order valence-electron chi connectivity index (χ1n) is 6.58. The molecule has 0 aromatic carbocycles. The minimum absolute atomic E-state index is 0.0236. The first-order chi connectivity index (χ1) is 8.89. The Hall–Kier alpha value is -0.270. The van der Waals surface area contributed by atoms with E-state index in [2.05, 4.69) is 12.2 Å². The minimum atomic E-state index is -2.98. The predicted molar refractivity (Wildman–Crippen MR) is 80.3 cm³/mol. The average molecular weight is 308 g/mol. The molecule has 1 heterocycles. The van der Waals surface area contributed by atoms with Crippen LogP contribution in [0.1, 0.15) is 19.8 Å². The van der Waals surface area contributed by atoms with E-state index in [0.29, 0.717) is 6.54 Å². The SMILES string of the molecule is CCC(CSC)N(C)C(=O)CC1CS(=O)(=O)CCN1. The number of hydrogen-bond acceptors (Lipinski definition) is 5. The summed E-state index contributed by atoms with van der Waals surface area (Å²) in [7, 11) is -1.17. The van der Waals surface area contributed by atoms with Crippen LogP contribution >= 0.6 is 11.8 Å². The molecule has 19 heavy (non-hydrogen) atoms. The number of carbonyl (C=O) groups excluding carboxylic acids is 1. The second-order valence-electron chi connectivity index (χ2n) is 4.99. The molecule has 7 heteroatoms. The van der Waals surface area contributed by atoms with E-state index in [0.717, 1.165) is 12.2 Å². The largest absolute Gasteiger partial charge is 0.342 e. The summed E-state index contributed by atoms with van der Waals surface area (Å²) >= 11 is 1.72. The standard InChI is InChI=1S/C12H24N2O3S2/c1-4-11(8-18-3)14(2)12(15)7-10-9-19(16,17)6-5-13-10/h10-11,13H,4-9H2,1-3H3. The topological polar surface area (TPSA) is 66.5 Å². The van der Waals surface area contributed by atoms with Crippen molar-refractivity contribution in [3.05, 3.63) is 0 Å². The van der Waals surface area contributed by atoms with Crippen molar-refractivity contribution in [2.75, 3.05) is 37.1 Å². The lowest BCUT2D eigenvalue weighted by Gasteiger charge is -2.30. The first-order valence-corrected chi connectivity index (χ1v) is 9.79. The molecule has 1 aliphatic rings. The third kappa shape index (κ3) is 5.31. The Morgan fingerprint density at radius 1 is 1.53 bits per heavy atom. The summed E-state index contributed by atoms with van der Waals surface area (Å²) in [6.45, 7) is 2.51. The lowest BCUT2D eigenvalue weighted by atomic mass is 10.1. The maximum Gasteiger partial charge on any atom is 0.224 e. The van der Waals surface area contributed by atoms with Crippen molar-refractivity contribution < 1.29 is 13.2 Å². The van der Waals surface area contributed by atoms with Gasteiger partial charge >= 0.3 is 0 Å². The van der Waals surface area contributed by atoms with Gasteiger partial charge in [-0.3, -0.25) is 4.79 Å². The molecule has 0 saturated carbocycles. The zero-order valence-corrected chi connectivity index (χ0v) is 13.5. The van der Waals surface area contributed by atoms with E-state index in [1.807, 2.05) is 13.3 Å². The highest BCUT2D eigenvalue weighted by atomic mass is 32.2. The number of carbonyl (C=O) groups is 1. The predicted octanol–water partition coefficient (Wildman–Crippen LogP) is 0.363. The number of nitrogens with one attached hydrogen (secondary N) is 1. The van der Waals surface area contributed by atoms with E-state index < -0.39 is 9.84 Å². The van der Waals surface area contributed by atoms with Crippen molar-refractivity contribution in [1.82, 2.24) is 10.2 Å². The molecule has 1 fully saturated rings. The quantitative estimate of drug-likeness (QED) is 0.767. The second-order valence-corrected chi connectivity index (χ2v) is 8.13. The van der Waals surface area contributed by atoms with Gasteiger partial charge in [0.15, 0.2) is 9.84 Å². The second kappa shape index (κ2) is 7.50. The van der Waals surface area contributed by atoms with Crippen LogP contribution in [0.25, 0.3) is 0 Å². The molecule has 2 atom stereocenters. The summed E-state index contributed by atoms with van der Waals surface area (Å²) in [6, 6.07) is -0.0109. The van der Waals surface area contributed by atoms with Crippen LogP contribution in [0.15, 0.2) is 0 Å². The van der Waals surface area contributed by atoms with Gasteiger partial charge in [0.1, 0.15) is 0 Å². The van der Waals surface area contributed by atoms with E-state index >= 15 is 0 Å². The summed E-state index contributed by atoms with van der Waals surface area (Å²) < 4.78 is 23.1. The van der Waals surface area contributed by atoms with Crippen molar-refractivity contribution in [2.24, 2.45) is 0 Å². The van der Waals surface area contributed by atoms with Gasteiger partial charge in [-0.05, 0) is 12.7 Å². The minimum Gasteiger partial charge on any atom is -0.342 e. The fourth-order valence-corrected chi connectivity index (χ4v) is 4.54. The zero-order valence-electron chi connectivity index (χ0n) is 11.9. The molecule has 1 saturated heterocycles. The maximum atomic E-state index is 12.2. The van der Waals surface area contributed by atoms with Gasteiger partial charge in [-0.25, -0.2) is 8.42 Å². The number of sulfone groups is 1. The van der Waals surface area contributed by atoms with Crippen LogP contribution in [0.5, 0.6) is 0 Å². The summed E-state index contributed by atoms with van der Waals surface area (Å²) in [6.07, 6.45) is 3.20. The summed E-state index contributed by atoms with van der Waals surface area (Å²) in [5.74, 6) is 1.19. The Labute approximate surface area is 120 Å². The van der Waals surface area contributed by atoms with E-state index in [4.69, 9.17) is 0 Å². The summed E-state index contributed by atoms with van der Waals surface area (Å²) in [5, 5.41) is 3.12.